The van der Waals surface area contributed by atoms with Crippen LogP contribution in [0, 0.1) is 10.1 Å². The number of nitrogens with zero attached hydrogens (tertiary/aromatic N) is 2. The number of amides is 1. The highest BCUT2D eigenvalue weighted by atomic mass is 16.6. The Kier molecular flexibility index (Phi) is 4.22. The zero-order chi connectivity index (χ0) is 15.6. The number of aliphatic carboxylic acids is 1. The van der Waals surface area contributed by atoms with Gasteiger partial charge in [-0.15, -0.1) is 0 Å². The Morgan fingerprint density at radius 1 is 1.52 bits per heavy atom. The van der Waals surface area contributed by atoms with Gasteiger partial charge in [0.15, 0.2) is 6.10 Å². The molecule has 0 aliphatic heterocycles. The van der Waals surface area contributed by atoms with E-state index in [1.54, 1.807) is 4.57 Å². The van der Waals surface area contributed by atoms with E-state index in [2.05, 4.69) is 5.32 Å². The molecule has 1 aliphatic rings. The molecule has 1 atom stereocenters. The molecule has 3 N–H and O–H groups in total. The highest BCUT2D eigenvalue weighted by Crippen LogP contribution is 2.37. The van der Waals surface area contributed by atoms with Crippen molar-refractivity contribution in [2.45, 2.75) is 31.4 Å². The Morgan fingerprint density at radius 3 is 2.71 bits per heavy atom. The first-order valence-corrected chi connectivity index (χ1v) is 6.45. The van der Waals surface area contributed by atoms with Crippen LogP contribution < -0.4 is 5.32 Å². The number of aromatic nitrogens is 1. The monoisotopic (exact) mass is 297 g/mol. The van der Waals surface area contributed by atoms with Crippen molar-refractivity contribution in [3.05, 3.63) is 28.1 Å². The first-order valence-electron chi connectivity index (χ1n) is 6.45. The average molecular weight is 297 g/mol. The van der Waals surface area contributed by atoms with Gasteiger partial charge in [-0.2, -0.15) is 0 Å². The summed E-state index contributed by atoms with van der Waals surface area (Å²) in [5.74, 6) is -1.88. The van der Waals surface area contributed by atoms with Crippen LogP contribution >= 0.6 is 0 Å². The molecule has 0 bridgehead atoms. The van der Waals surface area contributed by atoms with Crippen LogP contribution in [0.5, 0.6) is 0 Å². The number of carbonyl (C=O) groups excluding carboxylic acids is 1. The van der Waals surface area contributed by atoms with Crippen molar-refractivity contribution < 1.29 is 24.7 Å². The van der Waals surface area contributed by atoms with Gasteiger partial charge in [0.05, 0.1) is 11.1 Å². The minimum Gasteiger partial charge on any atom is -0.479 e. The van der Waals surface area contributed by atoms with E-state index in [4.69, 9.17) is 10.2 Å². The molecule has 1 aromatic rings. The molecule has 1 saturated carbocycles. The van der Waals surface area contributed by atoms with Gasteiger partial charge in [0.1, 0.15) is 5.69 Å². The molecule has 1 heterocycles. The van der Waals surface area contributed by atoms with Crippen LogP contribution in [0.1, 0.15) is 35.8 Å². The smallest absolute Gasteiger partial charge is 0.332 e. The van der Waals surface area contributed by atoms with Gasteiger partial charge in [-0.05, 0) is 12.8 Å². The molecular formula is C12H15N3O6. The van der Waals surface area contributed by atoms with Crippen molar-refractivity contribution >= 4 is 17.6 Å². The predicted molar refractivity (Wildman–Crippen MR) is 70.0 cm³/mol. The number of hydrogen-bond donors (Lipinski definition) is 3. The molecule has 1 fully saturated rings. The topological polar surface area (TPSA) is 135 Å². The third-order valence-corrected chi connectivity index (χ3v) is 3.21. The van der Waals surface area contributed by atoms with Gasteiger partial charge in [0.25, 0.3) is 11.6 Å². The molecule has 114 valence electrons. The number of carboxylic acids is 1. The number of aliphatic hydroxyl groups is 1. The minimum absolute atomic E-state index is 0.0318. The van der Waals surface area contributed by atoms with Gasteiger partial charge in [0.2, 0.25) is 0 Å². The zero-order valence-corrected chi connectivity index (χ0v) is 11.1. The molecule has 0 unspecified atom stereocenters. The second-order valence-corrected chi connectivity index (χ2v) is 4.88. The average Bonchev–Trinajstić information content (AvgIpc) is 3.16. The number of nitro groups is 1. The van der Waals surface area contributed by atoms with Crippen molar-refractivity contribution in [3.8, 4) is 0 Å². The van der Waals surface area contributed by atoms with E-state index in [0.717, 1.165) is 12.8 Å². The molecule has 0 aromatic carbocycles. The fourth-order valence-electron chi connectivity index (χ4n) is 1.94. The van der Waals surface area contributed by atoms with Crippen LogP contribution in [0.4, 0.5) is 5.69 Å². The predicted octanol–water partition coefficient (Wildman–Crippen LogP) is 0.297. The lowest BCUT2D eigenvalue weighted by Crippen LogP contribution is -2.31. The summed E-state index contributed by atoms with van der Waals surface area (Å²) in [4.78, 5) is 32.6. The third kappa shape index (κ3) is 3.57. The molecule has 2 rings (SSSR count). The van der Waals surface area contributed by atoms with E-state index in [0.29, 0.717) is 0 Å². The first kappa shape index (κ1) is 15.0. The van der Waals surface area contributed by atoms with Crippen LogP contribution in [0.15, 0.2) is 12.3 Å². The van der Waals surface area contributed by atoms with Crippen LogP contribution in [-0.4, -0.2) is 44.2 Å². The van der Waals surface area contributed by atoms with E-state index in [-0.39, 0.29) is 30.4 Å². The minimum atomic E-state index is -1.55. The lowest BCUT2D eigenvalue weighted by molar-refractivity contribution is -0.384. The van der Waals surface area contributed by atoms with Crippen molar-refractivity contribution in [1.82, 2.24) is 9.88 Å². The molecule has 0 radical (unpaired) electrons. The summed E-state index contributed by atoms with van der Waals surface area (Å²) in [5, 5.41) is 30.8. The first-order chi connectivity index (χ1) is 9.90. The number of carbonyl (C=O) groups is 2. The SMILES string of the molecule is O=C(NCC[C@H](O)C(=O)O)c1cc([N+](=O)[O-])cn1C1CC1. The summed E-state index contributed by atoms with van der Waals surface area (Å²) < 4.78 is 1.57. The molecule has 0 spiro atoms. The van der Waals surface area contributed by atoms with Crippen molar-refractivity contribution in [2.24, 2.45) is 0 Å². The van der Waals surface area contributed by atoms with Crippen molar-refractivity contribution in [1.29, 1.82) is 0 Å². The van der Waals surface area contributed by atoms with Gasteiger partial charge in [-0.3, -0.25) is 14.9 Å². The summed E-state index contributed by atoms with van der Waals surface area (Å²) >= 11 is 0. The molecule has 0 saturated heterocycles. The van der Waals surface area contributed by atoms with Crippen LogP contribution in [-0.2, 0) is 4.79 Å². The van der Waals surface area contributed by atoms with Crippen molar-refractivity contribution in [3.63, 3.8) is 0 Å². The maximum atomic E-state index is 12.0. The number of nitrogens with one attached hydrogen (secondary N) is 1. The molecule has 9 heteroatoms. The molecule has 1 aromatic heterocycles. The zero-order valence-electron chi connectivity index (χ0n) is 11.1. The van der Waals surface area contributed by atoms with Gasteiger partial charge >= 0.3 is 5.97 Å². The quantitative estimate of drug-likeness (QED) is 0.489. The second kappa shape index (κ2) is 5.92. The van der Waals surface area contributed by atoms with E-state index in [1.165, 1.54) is 12.3 Å². The fourth-order valence-corrected chi connectivity index (χ4v) is 1.94. The Morgan fingerprint density at radius 2 is 2.19 bits per heavy atom. The fraction of sp³-hybridized carbons (Fsp3) is 0.500. The lowest BCUT2D eigenvalue weighted by Gasteiger charge is -2.09. The summed E-state index contributed by atoms with van der Waals surface area (Å²) in [6.07, 6.45) is 1.38. The van der Waals surface area contributed by atoms with Gasteiger partial charge in [-0.25, -0.2) is 4.79 Å². The number of aliphatic hydroxyl groups excluding tert-OH is 1. The standard InChI is InChI=1S/C12H15N3O6/c16-10(12(18)19)3-4-13-11(17)9-5-8(15(20)21)6-14(9)7-1-2-7/h5-7,10,16H,1-4H2,(H,13,17)(H,18,19)/t10-/m0/s1. The largest absolute Gasteiger partial charge is 0.479 e. The Hall–Kier alpha value is -2.42. The molecular weight excluding hydrogens is 282 g/mol. The summed E-state index contributed by atoms with van der Waals surface area (Å²) in [5.41, 5.74) is 0.0200. The summed E-state index contributed by atoms with van der Waals surface area (Å²) in [6, 6.07) is 1.30. The Labute approximate surface area is 119 Å². The Bertz CT molecular complexity index is 578. The molecule has 9 nitrogen and oxygen atoms in total. The highest BCUT2D eigenvalue weighted by Gasteiger charge is 2.30. The molecule has 1 aliphatic carbocycles. The lowest BCUT2D eigenvalue weighted by atomic mass is 10.2. The number of carboxylic acid groups (broad SMARTS) is 1. The number of hydrogen-bond acceptors (Lipinski definition) is 5. The summed E-state index contributed by atoms with van der Waals surface area (Å²) in [7, 11) is 0. The molecule has 1 amide bonds. The maximum absolute atomic E-state index is 12.0. The van der Waals surface area contributed by atoms with E-state index in [1.807, 2.05) is 0 Å². The van der Waals surface area contributed by atoms with E-state index >= 15 is 0 Å². The van der Waals surface area contributed by atoms with Gasteiger partial charge < -0.3 is 20.1 Å². The highest BCUT2D eigenvalue weighted by molar-refractivity contribution is 5.93. The third-order valence-electron chi connectivity index (χ3n) is 3.21. The van der Waals surface area contributed by atoms with E-state index in [9.17, 15) is 19.7 Å². The van der Waals surface area contributed by atoms with Crippen molar-refractivity contribution in [2.75, 3.05) is 6.54 Å². The van der Waals surface area contributed by atoms with Crippen LogP contribution in [0.2, 0.25) is 0 Å². The summed E-state index contributed by atoms with van der Waals surface area (Å²) in [6.45, 7) is -0.0318. The molecule has 21 heavy (non-hydrogen) atoms. The van der Waals surface area contributed by atoms with Crippen LogP contribution in [0.25, 0.3) is 0 Å². The number of rotatable bonds is 7. The maximum Gasteiger partial charge on any atom is 0.332 e. The van der Waals surface area contributed by atoms with E-state index < -0.39 is 22.9 Å². The Balaban J connectivity index is 2.01. The van der Waals surface area contributed by atoms with Crippen LogP contribution in [0.3, 0.4) is 0 Å². The normalized spacial score (nSPS) is 15.5. The van der Waals surface area contributed by atoms with Gasteiger partial charge in [-0.1, -0.05) is 0 Å². The van der Waals surface area contributed by atoms with Gasteiger partial charge in [0, 0.05) is 25.1 Å². The second-order valence-electron chi connectivity index (χ2n) is 4.88.